The summed E-state index contributed by atoms with van der Waals surface area (Å²) in [5.74, 6) is 2.74. The maximum absolute atomic E-state index is 11.4. The predicted molar refractivity (Wildman–Crippen MR) is 127 cm³/mol. The number of unbranched alkanes of at least 4 members (excludes halogenated alkanes) is 2. The van der Waals surface area contributed by atoms with Crippen LogP contribution in [-0.2, 0) is 12.8 Å². The van der Waals surface area contributed by atoms with Crippen molar-refractivity contribution in [2.45, 2.75) is 65.7 Å². The molecule has 0 aliphatic carbocycles. The SMILES string of the molecule is C#CCCc1ccccc1C1=C(C)C(CCCCC)=C(c2cccc(CC)c2)[N+]1=[N-]. The minimum atomic E-state index is 0.691. The maximum atomic E-state index is 11.4. The number of nitrogens with zero attached hydrogens (tertiary/aromatic N) is 2. The fourth-order valence-corrected chi connectivity index (χ4v) is 4.30. The van der Waals surface area contributed by atoms with Crippen LogP contribution < -0.4 is 0 Å². The molecule has 0 spiro atoms. The van der Waals surface area contributed by atoms with E-state index in [1.54, 1.807) is 0 Å². The molecule has 30 heavy (non-hydrogen) atoms. The van der Waals surface area contributed by atoms with Gasteiger partial charge in [-0.25, -0.2) is 4.70 Å². The first-order chi connectivity index (χ1) is 14.6. The van der Waals surface area contributed by atoms with E-state index in [1.807, 2.05) is 12.1 Å². The van der Waals surface area contributed by atoms with E-state index in [0.29, 0.717) is 6.42 Å². The molecule has 0 aromatic heterocycles. The Morgan fingerprint density at radius 3 is 2.50 bits per heavy atom. The molecule has 3 rings (SSSR count). The summed E-state index contributed by atoms with van der Waals surface area (Å²) in [4.78, 5) is 0. The van der Waals surface area contributed by atoms with Gasteiger partial charge in [-0.15, -0.1) is 12.3 Å². The van der Waals surface area contributed by atoms with Gasteiger partial charge in [0.2, 0.25) is 11.4 Å². The second-order valence-electron chi connectivity index (χ2n) is 7.98. The number of aryl methyl sites for hydroxylation is 2. The Kier molecular flexibility index (Phi) is 7.41. The average molecular weight is 397 g/mol. The average Bonchev–Trinajstić information content (AvgIpc) is 3.02. The number of hydrogen-bond acceptors (Lipinski definition) is 0. The summed E-state index contributed by atoms with van der Waals surface area (Å²) in [6, 6.07) is 16.9. The van der Waals surface area contributed by atoms with Crippen molar-refractivity contribution in [2.24, 2.45) is 0 Å². The van der Waals surface area contributed by atoms with Crippen LogP contribution in [0.15, 0.2) is 59.7 Å². The molecule has 0 atom stereocenters. The standard InChI is InChI=1S/C28H32N2/c1-5-8-10-18-25-21(4)27(26-19-12-11-16-23(26)15-9-6-2)30(29)28(25)24-17-13-14-22(7-3)20-24/h2,11-14,16-17,19-20H,5,7-10,15,18H2,1,3-4H3. The molecule has 154 valence electrons. The van der Waals surface area contributed by atoms with Gasteiger partial charge >= 0.3 is 0 Å². The van der Waals surface area contributed by atoms with Gasteiger partial charge in [0.05, 0.1) is 0 Å². The lowest BCUT2D eigenvalue weighted by Crippen LogP contribution is -2.05. The highest BCUT2D eigenvalue weighted by Crippen LogP contribution is 2.43. The van der Waals surface area contributed by atoms with E-state index in [1.165, 1.54) is 39.8 Å². The van der Waals surface area contributed by atoms with E-state index in [4.69, 9.17) is 6.42 Å². The molecule has 2 aromatic rings. The van der Waals surface area contributed by atoms with E-state index >= 15 is 0 Å². The maximum Gasteiger partial charge on any atom is 0.211 e. The number of rotatable bonds is 9. The van der Waals surface area contributed by atoms with Crippen molar-refractivity contribution in [3.63, 3.8) is 0 Å². The summed E-state index contributed by atoms with van der Waals surface area (Å²) in [7, 11) is 0. The molecule has 1 heterocycles. The number of benzene rings is 2. The largest absolute Gasteiger partial charge is 0.493 e. The summed E-state index contributed by atoms with van der Waals surface area (Å²) >= 11 is 0. The summed E-state index contributed by atoms with van der Waals surface area (Å²) in [6.07, 6.45) is 12.5. The van der Waals surface area contributed by atoms with Crippen molar-refractivity contribution in [1.29, 1.82) is 0 Å². The highest BCUT2D eigenvalue weighted by Gasteiger charge is 2.34. The molecule has 0 fully saturated rings. The normalized spacial score (nSPS) is 13.9. The fraction of sp³-hybridized carbons (Fsp3) is 0.357. The Balaban J connectivity index is 2.10. The second kappa shape index (κ2) is 10.2. The third-order valence-electron chi connectivity index (χ3n) is 5.97. The van der Waals surface area contributed by atoms with E-state index in [9.17, 15) is 5.53 Å². The highest BCUT2D eigenvalue weighted by molar-refractivity contribution is 5.82. The summed E-state index contributed by atoms with van der Waals surface area (Å²) in [6.45, 7) is 6.54. The van der Waals surface area contributed by atoms with E-state index in [0.717, 1.165) is 48.2 Å². The van der Waals surface area contributed by atoms with Crippen LogP contribution in [0.5, 0.6) is 0 Å². The molecular formula is C28H32N2. The molecule has 0 radical (unpaired) electrons. The van der Waals surface area contributed by atoms with Crippen molar-refractivity contribution < 1.29 is 4.70 Å². The lowest BCUT2D eigenvalue weighted by atomic mass is 9.94. The molecule has 2 heteroatoms. The predicted octanol–water partition coefficient (Wildman–Crippen LogP) is 7.59. The minimum Gasteiger partial charge on any atom is -0.493 e. The van der Waals surface area contributed by atoms with Crippen LogP contribution in [0, 0.1) is 12.3 Å². The van der Waals surface area contributed by atoms with Gasteiger partial charge in [0.25, 0.3) is 0 Å². The molecule has 0 amide bonds. The Morgan fingerprint density at radius 2 is 1.77 bits per heavy atom. The first-order valence-corrected chi connectivity index (χ1v) is 11.2. The third-order valence-corrected chi connectivity index (χ3v) is 5.97. The van der Waals surface area contributed by atoms with E-state index in [-0.39, 0.29) is 0 Å². The Labute approximate surface area is 181 Å². The lowest BCUT2D eigenvalue weighted by Gasteiger charge is -2.13. The second-order valence-corrected chi connectivity index (χ2v) is 7.98. The zero-order valence-electron chi connectivity index (χ0n) is 18.5. The van der Waals surface area contributed by atoms with Gasteiger partial charge < -0.3 is 5.53 Å². The van der Waals surface area contributed by atoms with Crippen LogP contribution in [0.1, 0.15) is 75.1 Å². The van der Waals surface area contributed by atoms with Gasteiger partial charge in [0.1, 0.15) is 0 Å². The van der Waals surface area contributed by atoms with Gasteiger partial charge in [-0.1, -0.05) is 57.0 Å². The van der Waals surface area contributed by atoms with Gasteiger partial charge in [-0.2, -0.15) is 0 Å². The molecule has 0 saturated carbocycles. The van der Waals surface area contributed by atoms with Crippen molar-refractivity contribution in [3.05, 3.63) is 87.5 Å². The fourth-order valence-electron chi connectivity index (χ4n) is 4.30. The van der Waals surface area contributed by atoms with Crippen LogP contribution in [0.2, 0.25) is 0 Å². The summed E-state index contributed by atoms with van der Waals surface area (Å²) in [5.41, 5.74) is 20.3. The first-order valence-electron chi connectivity index (χ1n) is 11.2. The molecule has 0 unspecified atom stereocenters. The highest BCUT2D eigenvalue weighted by atomic mass is 15.2. The molecule has 0 bridgehead atoms. The minimum absolute atomic E-state index is 0.691. The molecule has 0 saturated heterocycles. The van der Waals surface area contributed by atoms with E-state index < -0.39 is 0 Å². The van der Waals surface area contributed by atoms with Crippen molar-refractivity contribution in [3.8, 4) is 12.3 Å². The summed E-state index contributed by atoms with van der Waals surface area (Å²) < 4.78 is 1.43. The van der Waals surface area contributed by atoms with Crippen molar-refractivity contribution in [2.75, 3.05) is 0 Å². The smallest absolute Gasteiger partial charge is 0.211 e. The van der Waals surface area contributed by atoms with Crippen LogP contribution in [0.3, 0.4) is 0 Å². The third kappa shape index (κ3) is 4.46. The quantitative estimate of drug-likeness (QED) is 0.237. The van der Waals surface area contributed by atoms with Gasteiger partial charge in [-0.3, -0.25) is 0 Å². The Bertz CT molecular complexity index is 1030. The number of hydrogen-bond donors (Lipinski definition) is 0. The van der Waals surface area contributed by atoms with Crippen LogP contribution in [0.25, 0.3) is 16.9 Å². The van der Waals surface area contributed by atoms with Crippen molar-refractivity contribution >= 4 is 11.4 Å². The van der Waals surface area contributed by atoms with Gasteiger partial charge in [-0.05, 0) is 61.9 Å². The molecule has 1 aliphatic heterocycles. The summed E-state index contributed by atoms with van der Waals surface area (Å²) in [5, 5.41) is 0. The zero-order chi connectivity index (χ0) is 21.5. The first kappa shape index (κ1) is 21.8. The zero-order valence-corrected chi connectivity index (χ0v) is 18.5. The van der Waals surface area contributed by atoms with Gasteiger partial charge in [0, 0.05) is 28.7 Å². The van der Waals surface area contributed by atoms with Gasteiger partial charge in [0.15, 0.2) is 0 Å². The molecule has 2 aromatic carbocycles. The van der Waals surface area contributed by atoms with Crippen LogP contribution in [-0.4, -0.2) is 4.70 Å². The molecule has 2 nitrogen and oxygen atoms in total. The van der Waals surface area contributed by atoms with Crippen LogP contribution >= 0.6 is 0 Å². The lowest BCUT2D eigenvalue weighted by molar-refractivity contribution is -0.345. The number of terminal acetylenes is 1. The van der Waals surface area contributed by atoms with Crippen molar-refractivity contribution in [1.82, 2.24) is 0 Å². The monoisotopic (exact) mass is 396 g/mol. The Morgan fingerprint density at radius 1 is 0.967 bits per heavy atom. The topological polar surface area (TPSA) is 25.3 Å². The number of allylic oxidation sites excluding steroid dienone is 2. The van der Waals surface area contributed by atoms with Crippen LogP contribution in [0.4, 0.5) is 0 Å². The molecule has 0 N–H and O–H groups in total. The molecule has 1 aliphatic rings. The Hall–Kier alpha value is -2.92. The molecular weight excluding hydrogens is 364 g/mol. The van der Waals surface area contributed by atoms with E-state index in [2.05, 4.69) is 63.1 Å².